The largest absolute Gasteiger partial charge is 0.490 e. The lowest BCUT2D eigenvalue weighted by atomic mass is 10.4. The normalized spacial score (nSPS) is 10.6. The Hall–Kier alpha value is -1.76. The summed E-state index contributed by atoms with van der Waals surface area (Å²) < 4.78 is 11.0. The van der Waals surface area contributed by atoms with Gasteiger partial charge >= 0.3 is 0 Å². The van der Waals surface area contributed by atoms with Crippen molar-refractivity contribution in [2.24, 2.45) is 0 Å². The Balaban J connectivity index is 2.26. The average molecular weight is 294 g/mol. The predicted molar refractivity (Wildman–Crippen MR) is 77.5 cm³/mol. The van der Waals surface area contributed by atoms with E-state index < -0.39 is 0 Å². The molecule has 0 aromatic carbocycles. The molecule has 108 valence electrons. The molecule has 0 radical (unpaired) electrons. The van der Waals surface area contributed by atoms with Gasteiger partial charge < -0.3 is 14.5 Å². The van der Waals surface area contributed by atoms with E-state index in [0.29, 0.717) is 21.8 Å². The lowest BCUT2D eigenvalue weighted by molar-refractivity contribution is 0.398. The number of nitrogens with zero attached hydrogens (tertiary/aromatic N) is 3. The second kappa shape index (κ2) is 6.60. The molecule has 0 atom stereocenters. The Kier molecular flexibility index (Phi) is 4.84. The van der Waals surface area contributed by atoms with Crippen LogP contribution in [0.1, 0.15) is 24.8 Å². The van der Waals surface area contributed by atoms with Gasteiger partial charge in [-0.1, -0.05) is 6.92 Å². The molecule has 2 heterocycles. The van der Waals surface area contributed by atoms with Crippen LogP contribution in [0.5, 0.6) is 5.75 Å². The number of hydrogen-bond acceptors (Lipinski definition) is 7. The maximum absolute atomic E-state index is 5.55. The molecule has 7 heteroatoms. The highest BCUT2D eigenvalue weighted by molar-refractivity contribution is 7.99. The number of anilines is 1. The van der Waals surface area contributed by atoms with Crippen LogP contribution in [0.3, 0.4) is 0 Å². The Morgan fingerprint density at radius 2 is 2.15 bits per heavy atom. The zero-order chi connectivity index (χ0) is 14.5. The quantitative estimate of drug-likeness (QED) is 0.821. The molecule has 0 unspecified atom stereocenters. The van der Waals surface area contributed by atoms with Gasteiger partial charge in [0.1, 0.15) is 12.1 Å². The van der Waals surface area contributed by atoms with E-state index >= 15 is 0 Å². The van der Waals surface area contributed by atoms with Crippen LogP contribution in [-0.4, -0.2) is 28.6 Å². The number of aryl methyl sites for hydroxylation is 2. The summed E-state index contributed by atoms with van der Waals surface area (Å²) in [7, 11) is 1.60. The topological polar surface area (TPSA) is 73.1 Å². The van der Waals surface area contributed by atoms with E-state index in [-0.39, 0.29) is 0 Å². The molecule has 2 aromatic heterocycles. The van der Waals surface area contributed by atoms with E-state index in [1.54, 1.807) is 7.11 Å². The molecule has 0 aliphatic heterocycles. The van der Waals surface area contributed by atoms with Crippen LogP contribution in [0, 0.1) is 13.8 Å². The zero-order valence-corrected chi connectivity index (χ0v) is 12.9. The molecule has 20 heavy (non-hydrogen) atoms. The van der Waals surface area contributed by atoms with Crippen LogP contribution >= 0.6 is 11.8 Å². The number of oxazole rings is 1. The molecule has 0 spiro atoms. The molecule has 1 N–H and O–H groups in total. The van der Waals surface area contributed by atoms with Crippen LogP contribution in [-0.2, 0) is 0 Å². The first kappa shape index (κ1) is 14.6. The third-order valence-corrected chi connectivity index (χ3v) is 3.54. The first-order valence-electron chi connectivity index (χ1n) is 6.40. The number of nitrogens with one attached hydrogen (secondary N) is 1. The van der Waals surface area contributed by atoms with Gasteiger partial charge in [-0.25, -0.2) is 15.0 Å². The molecule has 0 saturated heterocycles. The first-order valence-corrected chi connectivity index (χ1v) is 7.22. The van der Waals surface area contributed by atoms with Gasteiger partial charge in [0.25, 0.3) is 5.22 Å². The molecule has 0 aliphatic rings. The van der Waals surface area contributed by atoms with E-state index in [2.05, 4.69) is 27.2 Å². The van der Waals surface area contributed by atoms with Crippen LogP contribution in [0.2, 0.25) is 0 Å². The second-order valence-electron chi connectivity index (χ2n) is 4.21. The number of aromatic nitrogens is 3. The van der Waals surface area contributed by atoms with Crippen LogP contribution in [0.25, 0.3) is 0 Å². The van der Waals surface area contributed by atoms with Crippen molar-refractivity contribution in [3.63, 3.8) is 0 Å². The van der Waals surface area contributed by atoms with Crippen molar-refractivity contribution in [3.05, 3.63) is 17.8 Å². The SMILES string of the molecule is CCCNc1ncnc(Sc2nc(C)c(C)o2)c1OC. The highest BCUT2D eigenvalue weighted by atomic mass is 32.2. The number of ether oxygens (including phenoxy) is 1. The predicted octanol–water partition coefficient (Wildman–Crippen LogP) is 3.06. The summed E-state index contributed by atoms with van der Waals surface area (Å²) in [6.07, 6.45) is 2.51. The van der Waals surface area contributed by atoms with Crippen molar-refractivity contribution < 1.29 is 9.15 Å². The standard InChI is InChI=1S/C13H18N4O2S/c1-5-6-14-11-10(18-4)12(16-7-15-11)20-13-17-8(2)9(3)19-13/h7H,5-6H2,1-4H3,(H,14,15,16). The van der Waals surface area contributed by atoms with Crippen molar-refractivity contribution >= 4 is 17.6 Å². The van der Waals surface area contributed by atoms with Crippen molar-refractivity contribution in [1.29, 1.82) is 0 Å². The number of rotatable bonds is 6. The van der Waals surface area contributed by atoms with Gasteiger partial charge in [-0.2, -0.15) is 0 Å². The monoisotopic (exact) mass is 294 g/mol. The molecule has 2 rings (SSSR count). The van der Waals surface area contributed by atoms with Crippen molar-refractivity contribution in [3.8, 4) is 5.75 Å². The molecule has 0 saturated carbocycles. The lowest BCUT2D eigenvalue weighted by Gasteiger charge is -2.11. The van der Waals surface area contributed by atoms with Crippen molar-refractivity contribution in [2.45, 2.75) is 37.4 Å². The van der Waals surface area contributed by atoms with Crippen molar-refractivity contribution in [2.75, 3.05) is 19.0 Å². The fourth-order valence-electron chi connectivity index (χ4n) is 1.55. The second-order valence-corrected chi connectivity index (χ2v) is 5.15. The molecule has 0 aliphatic carbocycles. The Bertz CT molecular complexity index is 566. The van der Waals surface area contributed by atoms with Gasteiger partial charge in [-0.05, 0) is 32.0 Å². The smallest absolute Gasteiger partial charge is 0.262 e. The number of methoxy groups -OCH3 is 1. The van der Waals surface area contributed by atoms with Crippen molar-refractivity contribution in [1.82, 2.24) is 15.0 Å². The van der Waals surface area contributed by atoms with Crippen LogP contribution < -0.4 is 10.1 Å². The summed E-state index contributed by atoms with van der Waals surface area (Å²) in [6.45, 7) is 6.72. The third kappa shape index (κ3) is 3.22. The summed E-state index contributed by atoms with van der Waals surface area (Å²) in [5, 5.41) is 4.45. The third-order valence-electron chi connectivity index (χ3n) is 2.71. The van der Waals surface area contributed by atoms with Gasteiger partial charge in [0.15, 0.2) is 16.6 Å². The van der Waals surface area contributed by atoms with Crippen LogP contribution in [0.4, 0.5) is 5.82 Å². The van der Waals surface area contributed by atoms with Gasteiger partial charge in [-0.3, -0.25) is 0 Å². The van der Waals surface area contributed by atoms with Gasteiger partial charge in [0.05, 0.1) is 12.8 Å². The maximum atomic E-state index is 5.55. The molecular weight excluding hydrogens is 276 g/mol. The molecule has 6 nitrogen and oxygen atoms in total. The van der Waals surface area contributed by atoms with E-state index in [1.807, 2.05) is 13.8 Å². The lowest BCUT2D eigenvalue weighted by Crippen LogP contribution is -2.05. The Morgan fingerprint density at radius 3 is 2.75 bits per heavy atom. The van der Waals surface area contributed by atoms with E-state index in [9.17, 15) is 0 Å². The first-order chi connectivity index (χ1) is 9.65. The minimum atomic E-state index is 0.554. The van der Waals surface area contributed by atoms with Gasteiger partial charge in [0, 0.05) is 6.54 Å². The summed E-state index contributed by atoms with van der Waals surface area (Å²) in [6, 6.07) is 0. The molecule has 2 aromatic rings. The van der Waals surface area contributed by atoms with E-state index in [4.69, 9.17) is 9.15 Å². The van der Waals surface area contributed by atoms with Gasteiger partial charge in [0.2, 0.25) is 0 Å². The minimum absolute atomic E-state index is 0.554. The molecule has 0 bridgehead atoms. The summed E-state index contributed by atoms with van der Waals surface area (Å²) >= 11 is 1.33. The maximum Gasteiger partial charge on any atom is 0.262 e. The molecule has 0 fully saturated rings. The zero-order valence-electron chi connectivity index (χ0n) is 12.1. The Morgan fingerprint density at radius 1 is 1.35 bits per heavy atom. The summed E-state index contributed by atoms with van der Waals surface area (Å²) in [4.78, 5) is 12.8. The fraction of sp³-hybridized carbons (Fsp3) is 0.462. The van der Waals surface area contributed by atoms with E-state index in [0.717, 1.165) is 24.4 Å². The molecular formula is C13H18N4O2S. The summed E-state index contributed by atoms with van der Waals surface area (Å²) in [5.74, 6) is 2.11. The number of hydrogen-bond donors (Lipinski definition) is 1. The highest BCUT2D eigenvalue weighted by Gasteiger charge is 2.16. The highest BCUT2D eigenvalue weighted by Crippen LogP contribution is 2.36. The Labute approximate surface area is 122 Å². The average Bonchev–Trinajstić information content (AvgIpc) is 2.75. The summed E-state index contributed by atoms with van der Waals surface area (Å²) in [5.41, 5.74) is 0.879. The molecule has 0 amide bonds. The minimum Gasteiger partial charge on any atom is -0.490 e. The fourth-order valence-corrected chi connectivity index (χ4v) is 2.44. The van der Waals surface area contributed by atoms with Crippen LogP contribution in [0.15, 0.2) is 21.0 Å². The van der Waals surface area contributed by atoms with Gasteiger partial charge in [-0.15, -0.1) is 0 Å². The van der Waals surface area contributed by atoms with E-state index in [1.165, 1.54) is 18.1 Å².